The average molecular weight is 429 g/mol. The van der Waals surface area contributed by atoms with Crippen LogP contribution in [0.5, 0.6) is 0 Å². The van der Waals surface area contributed by atoms with Gasteiger partial charge in [-0.15, -0.1) is 0 Å². The second kappa shape index (κ2) is 8.50. The van der Waals surface area contributed by atoms with Crippen LogP contribution in [0.15, 0.2) is 36.4 Å². The largest absolute Gasteiger partial charge is 0.348 e. The molecule has 0 unspecified atom stereocenters. The van der Waals surface area contributed by atoms with Crippen molar-refractivity contribution in [1.29, 1.82) is 0 Å². The third kappa shape index (κ3) is 5.61. The van der Waals surface area contributed by atoms with Gasteiger partial charge in [-0.25, -0.2) is 8.42 Å². The monoisotopic (exact) mass is 428 g/mol. The second-order valence-electron chi connectivity index (χ2n) is 6.51. The van der Waals surface area contributed by atoms with E-state index in [4.69, 9.17) is 23.2 Å². The summed E-state index contributed by atoms with van der Waals surface area (Å²) in [6, 6.07) is 10.2. The Morgan fingerprint density at radius 2 is 1.81 bits per heavy atom. The smallest absolute Gasteiger partial charge is 0.241 e. The van der Waals surface area contributed by atoms with Gasteiger partial charge in [0.1, 0.15) is 6.54 Å². The standard InChI is InChI=1S/C19H22Cl2N2O3S/c1-12-5-6-13(2)16(9-12)14(3)22-19(24)11-23(27(4,25)26)18-8-7-15(20)10-17(18)21/h5-10,14H,11H2,1-4H3,(H,22,24)/t14-/m1/s1. The molecule has 1 atom stereocenters. The number of nitrogens with zero attached hydrogens (tertiary/aromatic N) is 1. The second-order valence-corrected chi connectivity index (χ2v) is 9.27. The summed E-state index contributed by atoms with van der Waals surface area (Å²) in [6.07, 6.45) is 1.03. The Kier molecular flexibility index (Phi) is 6.78. The Bertz CT molecular complexity index is 961. The van der Waals surface area contributed by atoms with Crippen molar-refractivity contribution in [3.63, 3.8) is 0 Å². The van der Waals surface area contributed by atoms with Crippen molar-refractivity contribution in [3.05, 3.63) is 63.1 Å². The lowest BCUT2D eigenvalue weighted by Gasteiger charge is -2.24. The predicted molar refractivity (Wildman–Crippen MR) is 111 cm³/mol. The minimum atomic E-state index is -3.72. The Labute approximate surface area is 170 Å². The van der Waals surface area contributed by atoms with E-state index in [0.717, 1.165) is 27.3 Å². The van der Waals surface area contributed by atoms with E-state index in [0.29, 0.717) is 5.02 Å². The molecule has 0 radical (unpaired) electrons. The molecule has 5 nitrogen and oxygen atoms in total. The molecule has 0 aliphatic carbocycles. The Morgan fingerprint density at radius 3 is 2.41 bits per heavy atom. The quantitative estimate of drug-likeness (QED) is 0.747. The van der Waals surface area contributed by atoms with Crippen LogP contribution < -0.4 is 9.62 Å². The maximum Gasteiger partial charge on any atom is 0.241 e. The summed E-state index contributed by atoms with van der Waals surface area (Å²) < 4.78 is 25.4. The van der Waals surface area contributed by atoms with Crippen molar-refractivity contribution in [1.82, 2.24) is 5.32 Å². The lowest BCUT2D eigenvalue weighted by atomic mass is 10.00. The number of nitrogens with one attached hydrogen (secondary N) is 1. The highest BCUT2D eigenvalue weighted by molar-refractivity contribution is 7.92. The number of aryl methyl sites for hydroxylation is 2. The number of rotatable bonds is 6. The minimum Gasteiger partial charge on any atom is -0.348 e. The first-order valence-electron chi connectivity index (χ1n) is 8.28. The van der Waals surface area contributed by atoms with Crippen LogP contribution in [-0.4, -0.2) is 27.1 Å². The molecular formula is C19H22Cl2N2O3S. The Hall–Kier alpha value is -1.76. The zero-order valence-corrected chi connectivity index (χ0v) is 17.9. The minimum absolute atomic E-state index is 0.156. The molecule has 27 heavy (non-hydrogen) atoms. The van der Waals surface area contributed by atoms with Gasteiger partial charge in [-0.05, 0) is 50.1 Å². The van der Waals surface area contributed by atoms with Gasteiger partial charge in [-0.3, -0.25) is 9.10 Å². The molecule has 0 fully saturated rings. The van der Waals surface area contributed by atoms with Crippen LogP contribution in [0.3, 0.4) is 0 Å². The van der Waals surface area contributed by atoms with Crippen molar-refractivity contribution >= 4 is 44.8 Å². The summed E-state index contributed by atoms with van der Waals surface area (Å²) in [4.78, 5) is 12.5. The number of carbonyl (C=O) groups is 1. The van der Waals surface area contributed by atoms with E-state index in [1.54, 1.807) is 0 Å². The van der Waals surface area contributed by atoms with Crippen molar-refractivity contribution in [2.45, 2.75) is 26.8 Å². The summed E-state index contributed by atoms with van der Waals surface area (Å²) in [5, 5.41) is 3.39. The third-order valence-electron chi connectivity index (χ3n) is 4.14. The first kappa shape index (κ1) is 21.5. The number of hydrogen-bond donors (Lipinski definition) is 1. The van der Waals surface area contributed by atoms with Gasteiger partial charge in [-0.2, -0.15) is 0 Å². The van der Waals surface area contributed by atoms with Gasteiger partial charge in [0.15, 0.2) is 0 Å². The maximum absolute atomic E-state index is 12.5. The van der Waals surface area contributed by atoms with Crippen LogP contribution >= 0.6 is 23.2 Å². The van der Waals surface area contributed by atoms with Gasteiger partial charge in [0.25, 0.3) is 0 Å². The fourth-order valence-electron chi connectivity index (χ4n) is 2.79. The molecule has 2 rings (SSSR count). The molecule has 0 aromatic heterocycles. The molecule has 0 aliphatic heterocycles. The summed E-state index contributed by atoms with van der Waals surface area (Å²) >= 11 is 12.0. The molecule has 8 heteroatoms. The number of hydrogen-bond acceptors (Lipinski definition) is 3. The van der Waals surface area contributed by atoms with Gasteiger partial charge in [0, 0.05) is 5.02 Å². The van der Waals surface area contributed by atoms with Gasteiger partial charge < -0.3 is 5.32 Å². The maximum atomic E-state index is 12.5. The van der Waals surface area contributed by atoms with Gasteiger partial charge in [0.2, 0.25) is 15.9 Å². The first-order valence-corrected chi connectivity index (χ1v) is 10.9. The predicted octanol–water partition coefficient (Wildman–Crippen LogP) is 4.25. The SMILES string of the molecule is Cc1ccc(C)c([C@@H](C)NC(=O)CN(c2ccc(Cl)cc2Cl)S(C)(=O)=O)c1. The molecule has 0 bridgehead atoms. The van der Waals surface area contributed by atoms with Crippen molar-refractivity contribution in [3.8, 4) is 0 Å². The molecule has 0 saturated heterocycles. The van der Waals surface area contributed by atoms with Crippen LogP contribution in [0, 0.1) is 13.8 Å². The van der Waals surface area contributed by atoms with E-state index < -0.39 is 15.9 Å². The topological polar surface area (TPSA) is 66.5 Å². The number of sulfonamides is 1. The number of amides is 1. The number of halogens is 2. The molecule has 0 saturated carbocycles. The first-order chi connectivity index (χ1) is 12.5. The fraction of sp³-hybridized carbons (Fsp3) is 0.316. The van der Waals surface area contributed by atoms with E-state index in [9.17, 15) is 13.2 Å². The highest BCUT2D eigenvalue weighted by Gasteiger charge is 2.24. The summed E-state index contributed by atoms with van der Waals surface area (Å²) in [5.74, 6) is -0.431. The van der Waals surface area contributed by atoms with Crippen LogP contribution in [0.1, 0.15) is 29.7 Å². The van der Waals surface area contributed by atoms with Crippen molar-refractivity contribution in [2.24, 2.45) is 0 Å². The number of carbonyl (C=O) groups excluding carboxylic acids is 1. The number of anilines is 1. The molecule has 2 aromatic carbocycles. The van der Waals surface area contributed by atoms with Crippen LogP contribution in [-0.2, 0) is 14.8 Å². The molecule has 146 valence electrons. The van der Waals surface area contributed by atoms with Crippen molar-refractivity contribution in [2.75, 3.05) is 17.1 Å². The highest BCUT2D eigenvalue weighted by atomic mass is 35.5. The highest BCUT2D eigenvalue weighted by Crippen LogP contribution is 2.30. The Morgan fingerprint density at radius 1 is 1.15 bits per heavy atom. The van der Waals surface area contributed by atoms with Crippen LogP contribution in [0.2, 0.25) is 10.0 Å². The zero-order chi connectivity index (χ0) is 20.4. The lowest BCUT2D eigenvalue weighted by Crippen LogP contribution is -2.41. The van der Waals surface area contributed by atoms with Gasteiger partial charge in [0.05, 0.1) is 23.0 Å². The van der Waals surface area contributed by atoms with E-state index in [1.165, 1.54) is 18.2 Å². The van der Waals surface area contributed by atoms with E-state index >= 15 is 0 Å². The van der Waals surface area contributed by atoms with Crippen molar-refractivity contribution < 1.29 is 13.2 Å². The molecular weight excluding hydrogens is 407 g/mol. The molecule has 1 N–H and O–H groups in total. The zero-order valence-electron chi connectivity index (χ0n) is 15.6. The molecule has 0 aliphatic rings. The summed E-state index contributed by atoms with van der Waals surface area (Å²) in [6.45, 7) is 5.42. The summed E-state index contributed by atoms with van der Waals surface area (Å²) in [5.41, 5.74) is 3.33. The molecule has 0 spiro atoms. The average Bonchev–Trinajstić information content (AvgIpc) is 2.54. The van der Waals surface area contributed by atoms with Gasteiger partial charge in [-0.1, -0.05) is 47.0 Å². The Balaban J connectivity index is 2.23. The summed E-state index contributed by atoms with van der Waals surface area (Å²) in [7, 11) is -3.72. The lowest BCUT2D eigenvalue weighted by molar-refractivity contribution is -0.120. The van der Waals surface area contributed by atoms with E-state index in [-0.39, 0.29) is 23.3 Å². The normalized spacial score (nSPS) is 12.5. The van der Waals surface area contributed by atoms with E-state index in [1.807, 2.05) is 39.0 Å². The molecule has 0 heterocycles. The number of benzene rings is 2. The molecule has 1 amide bonds. The fourth-order valence-corrected chi connectivity index (χ4v) is 4.22. The third-order valence-corrected chi connectivity index (χ3v) is 5.81. The van der Waals surface area contributed by atoms with Gasteiger partial charge >= 0.3 is 0 Å². The molecule has 2 aromatic rings. The van der Waals surface area contributed by atoms with E-state index in [2.05, 4.69) is 5.32 Å². The van der Waals surface area contributed by atoms with Crippen LogP contribution in [0.4, 0.5) is 5.69 Å². The van der Waals surface area contributed by atoms with Crippen LogP contribution in [0.25, 0.3) is 0 Å².